The van der Waals surface area contributed by atoms with E-state index in [1.165, 1.54) is 0 Å². The molecule has 182 valence electrons. The van der Waals surface area contributed by atoms with Crippen molar-refractivity contribution in [3.63, 3.8) is 0 Å². The summed E-state index contributed by atoms with van der Waals surface area (Å²) in [5, 5.41) is 3.84. The van der Waals surface area contributed by atoms with Gasteiger partial charge in [0.05, 0.1) is 23.7 Å². The van der Waals surface area contributed by atoms with Gasteiger partial charge < -0.3 is 15.0 Å². The molecule has 0 saturated carbocycles. The first-order valence-electron chi connectivity index (χ1n) is 11.9. The molecule has 36 heavy (non-hydrogen) atoms. The van der Waals surface area contributed by atoms with Crippen molar-refractivity contribution in [1.29, 1.82) is 0 Å². The van der Waals surface area contributed by atoms with Gasteiger partial charge in [-0.15, -0.1) is 11.3 Å². The molecule has 1 aliphatic rings. The number of amides is 2. The summed E-state index contributed by atoms with van der Waals surface area (Å²) in [4.78, 5) is 31.8. The molecule has 3 aromatic carbocycles. The summed E-state index contributed by atoms with van der Waals surface area (Å²) in [7, 11) is 1.64. The number of para-hydroxylation sites is 1. The normalized spacial score (nSPS) is 13.9. The highest BCUT2D eigenvalue weighted by Gasteiger charge is 2.20. The highest BCUT2D eigenvalue weighted by molar-refractivity contribution is 7.19. The highest BCUT2D eigenvalue weighted by Crippen LogP contribution is 2.31. The lowest BCUT2D eigenvalue weighted by molar-refractivity contribution is -0.128. The fraction of sp³-hybridized carbons (Fsp3) is 0.207. The van der Waals surface area contributed by atoms with E-state index in [-0.39, 0.29) is 18.2 Å². The van der Waals surface area contributed by atoms with Crippen molar-refractivity contribution in [2.45, 2.75) is 25.8 Å². The number of rotatable bonds is 8. The monoisotopic (exact) mass is 497 g/mol. The van der Waals surface area contributed by atoms with Gasteiger partial charge in [-0.3, -0.25) is 9.59 Å². The summed E-state index contributed by atoms with van der Waals surface area (Å²) in [6.07, 6.45) is 3.69. The van der Waals surface area contributed by atoms with Crippen LogP contribution < -0.4 is 10.1 Å². The molecule has 1 aromatic heterocycles. The second kappa shape index (κ2) is 10.7. The number of fused-ring (bicyclic) bond motifs is 1. The lowest BCUT2D eigenvalue weighted by Gasteiger charge is -2.16. The molecule has 0 unspecified atom stereocenters. The minimum absolute atomic E-state index is 0.127. The largest absolute Gasteiger partial charge is 0.497 e. The maximum atomic E-state index is 13.2. The van der Waals surface area contributed by atoms with E-state index in [1.54, 1.807) is 18.4 Å². The molecule has 1 fully saturated rings. The van der Waals surface area contributed by atoms with E-state index >= 15 is 0 Å². The Kier molecular flexibility index (Phi) is 7.09. The number of likely N-dealkylation sites (tertiary alicyclic amines) is 1. The van der Waals surface area contributed by atoms with Crippen molar-refractivity contribution in [1.82, 2.24) is 9.88 Å². The van der Waals surface area contributed by atoms with Crippen LogP contribution in [0.2, 0.25) is 0 Å². The van der Waals surface area contributed by atoms with Gasteiger partial charge in [-0.25, -0.2) is 4.98 Å². The fourth-order valence-corrected chi connectivity index (χ4v) is 5.33. The highest BCUT2D eigenvalue weighted by atomic mass is 32.1. The van der Waals surface area contributed by atoms with Crippen molar-refractivity contribution in [2.75, 3.05) is 19.0 Å². The van der Waals surface area contributed by atoms with Gasteiger partial charge in [0.15, 0.2) is 0 Å². The maximum Gasteiger partial charge on any atom is 0.228 e. The van der Waals surface area contributed by atoms with E-state index in [9.17, 15) is 9.59 Å². The van der Waals surface area contributed by atoms with E-state index in [1.807, 2.05) is 83.8 Å². The van der Waals surface area contributed by atoms with Crippen LogP contribution in [0.15, 0.2) is 72.8 Å². The van der Waals surface area contributed by atoms with Gasteiger partial charge in [0, 0.05) is 25.2 Å². The Morgan fingerprint density at radius 2 is 1.97 bits per heavy atom. The van der Waals surface area contributed by atoms with Crippen molar-refractivity contribution in [2.24, 2.45) is 0 Å². The van der Waals surface area contributed by atoms with E-state index in [0.717, 1.165) is 50.6 Å². The number of anilines is 1. The zero-order valence-electron chi connectivity index (χ0n) is 20.1. The lowest BCUT2D eigenvalue weighted by atomic mass is 10.1. The minimum Gasteiger partial charge on any atom is -0.497 e. The second-order valence-electron chi connectivity index (χ2n) is 8.78. The van der Waals surface area contributed by atoms with Crippen LogP contribution in [0.4, 0.5) is 5.69 Å². The van der Waals surface area contributed by atoms with Gasteiger partial charge in [-0.2, -0.15) is 0 Å². The SMILES string of the molecule is COc1cccc(C=C(CC(=O)Nc2cccc(CN3CCCC3=O)c2)c2nc3ccccc3s2)c1. The summed E-state index contributed by atoms with van der Waals surface area (Å²) in [5.41, 5.74) is 4.41. The molecular weight excluding hydrogens is 470 g/mol. The van der Waals surface area contributed by atoms with Crippen molar-refractivity contribution < 1.29 is 14.3 Å². The predicted octanol–water partition coefficient (Wildman–Crippen LogP) is 6.00. The molecule has 0 aliphatic carbocycles. The van der Waals surface area contributed by atoms with E-state index < -0.39 is 0 Å². The molecule has 4 aromatic rings. The van der Waals surface area contributed by atoms with E-state index in [2.05, 4.69) is 5.32 Å². The van der Waals surface area contributed by atoms with Crippen LogP contribution in [0.5, 0.6) is 5.75 Å². The number of carbonyl (C=O) groups excluding carboxylic acids is 2. The topological polar surface area (TPSA) is 71.5 Å². The number of thiazole rings is 1. The van der Waals surface area contributed by atoms with Gasteiger partial charge in [-0.05, 0) is 65.6 Å². The number of aromatic nitrogens is 1. The molecular formula is C29H27N3O3S. The third-order valence-electron chi connectivity index (χ3n) is 6.11. The fourth-order valence-electron chi connectivity index (χ4n) is 4.35. The Bertz CT molecular complexity index is 1410. The summed E-state index contributed by atoms with van der Waals surface area (Å²) in [6.45, 7) is 1.35. The first kappa shape index (κ1) is 23.8. The summed E-state index contributed by atoms with van der Waals surface area (Å²) >= 11 is 1.58. The van der Waals surface area contributed by atoms with Gasteiger partial charge in [0.25, 0.3) is 0 Å². The molecule has 0 spiro atoms. The summed E-state index contributed by atoms with van der Waals surface area (Å²) in [6, 6.07) is 23.4. The molecule has 1 saturated heterocycles. The predicted molar refractivity (Wildman–Crippen MR) is 145 cm³/mol. The summed E-state index contributed by atoms with van der Waals surface area (Å²) < 4.78 is 6.45. The Morgan fingerprint density at radius 3 is 2.78 bits per heavy atom. The number of benzene rings is 3. The van der Waals surface area contributed by atoms with Crippen molar-refractivity contribution in [3.05, 3.63) is 88.9 Å². The molecule has 0 atom stereocenters. The van der Waals surface area contributed by atoms with Gasteiger partial charge in [0.1, 0.15) is 10.8 Å². The lowest BCUT2D eigenvalue weighted by Crippen LogP contribution is -2.23. The molecule has 6 nitrogen and oxygen atoms in total. The number of nitrogens with zero attached hydrogens (tertiary/aromatic N) is 2. The third kappa shape index (κ3) is 5.63. The average Bonchev–Trinajstić information content (AvgIpc) is 3.50. The van der Waals surface area contributed by atoms with Crippen LogP contribution >= 0.6 is 11.3 Å². The van der Waals surface area contributed by atoms with Gasteiger partial charge in [0.2, 0.25) is 11.8 Å². The van der Waals surface area contributed by atoms with Gasteiger partial charge >= 0.3 is 0 Å². The zero-order valence-corrected chi connectivity index (χ0v) is 20.9. The van der Waals surface area contributed by atoms with Crippen LogP contribution in [0.1, 0.15) is 35.4 Å². The quantitative estimate of drug-likeness (QED) is 0.324. The van der Waals surface area contributed by atoms with Crippen LogP contribution in [-0.4, -0.2) is 35.4 Å². The minimum atomic E-state index is -0.127. The number of hydrogen-bond donors (Lipinski definition) is 1. The van der Waals surface area contributed by atoms with Crippen LogP contribution in [0.3, 0.4) is 0 Å². The molecule has 0 bridgehead atoms. The molecule has 0 radical (unpaired) electrons. The number of ether oxygens (including phenoxy) is 1. The number of nitrogens with one attached hydrogen (secondary N) is 1. The molecule has 1 N–H and O–H groups in total. The Hall–Kier alpha value is -3.97. The van der Waals surface area contributed by atoms with E-state index in [0.29, 0.717) is 18.7 Å². The number of hydrogen-bond acceptors (Lipinski definition) is 5. The zero-order chi connectivity index (χ0) is 24.9. The van der Waals surface area contributed by atoms with Gasteiger partial charge in [-0.1, -0.05) is 36.4 Å². The molecule has 2 amide bonds. The smallest absolute Gasteiger partial charge is 0.228 e. The molecule has 5 rings (SSSR count). The molecule has 1 aliphatic heterocycles. The average molecular weight is 498 g/mol. The van der Waals surface area contributed by atoms with Crippen LogP contribution in [0.25, 0.3) is 21.9 Å². The van der Waals surface area contributed by atoms with E-state index in [4.69, 9.17) is 9.72 Å². The Labute approximate surface area is 214 Å². The van der Waals surface area contributed by atoms with Crippen molar-refractivity contribution >= 4 is 50.7 Å². The van der Waals surface area contributed by atoms with Crippen LogP contribution in [-0.2, 0) is 16.1 Å². The third-order valence-corrected chi connectivity index (χ3v) is 7.22. The second-order valence-corrected chi connectivity index (χ2v) is 9.81. The summed E-state index contributed by atoms with van der Waals surface area (Å²) in [5.74, 6) is 0.815. The Morgan fingerprint density at radius 1 is 1.11 bits per heavy atom. The van der Waals surface area contributed by atoms with Crippen molar-refractivity contribution in [3.8, 4) is 5.75 Å². The first-order chi connectivity index (χ1) is 17.6. The molecule has 7 heteroatoms. The standard InChI is InChI=1S/C29H27N3O3S/c1-35-24-10-5-7-20(17-24)15-22(29-31-25-11-2-3-12-26(25)36-29)18-27(33)30-23-9-4-8-21(16-23)19-32-14-6-13-28(32)34/h2-5,7-12,15-17H,6,13-14,18-19H2,1H3,(H,30,33). The molecule has 2 heterocycles. The Balaban J connectivity index is 1.37. The number of carbonyl (C=O) groups is 2. The maximum absolute atomic E-state index is 13.2. The van der Waals surface area contributed by atoms with Crippen LogP contribution in [0, 0.1) is 0 Å². The number of methoxy groups -OCH3 is 1. The first-order valence-corrected chi connectivity index (χ1v) is 12.8.